The Morgan fingerprint density at radius 2 is 1.71 bits per heavy atom. The number of piperazine rings is 1. The van der Waals surface area contributed by atoms with Crippen LogP contribution in [0.2, 0.25) is 0 Å². The number of benzene rings is 2. The van der Waals surface area contributed by atoms with Crippen molar-refractivity contribution in [1.82, 2.24) is 9.21 Å². The third kappa shape index (κ3) is 5.17. The average Bonchev–Trinajstić information content (AvgIpc) is 2.89. The molecular formula is C26H34N4O4S. The second-order valence-electron chi connectivity index (χ2n) is 9.74. The Balaban J connectivity index is 1.42. The number of fused-ring (bicyclic) bond motifs is 1. The predicted octanol–water partition coefficient (Wildman–Crippen LogP) is 2.80. The van der Waals surface area contributed by atoms with Gasteiger partial charge in [-0.05, 0) is 56.1 Å². The molecule has 1 amide bonds. The number of amides is 1. The second kappa shape index (κ2) is 10.2. The first-order chi connectivity index (χ1) is 16.9. The van der Waals surface area contributed by atoms with Crippen molar-refractivity contribution >= 4 is 27.3 Å². The number of piperidine rings is 1. The van der Waals surface area contributed by atoms with Crippen molar-refractivity contribution < 1.29 is 17.9 Å². The standard InChI is InChI=1S/C26H34N4O4S/c1-28-13-15-29(16-14-28)24-10-9-22(35(32,33)30-11-5-2-6-12-30)18-23(24)27-26(31)21-17-20-7-3-4-8-25(20)34-19-21/h3-4,7-10,18,21H,2,5-6,11-17,19H2,1H3,(H,27,31). The molecule has 3 aliphatic heterocycles. The van der Waals surface area contributed by atoms with Crippen LogP contribution in [0.25, 0.3) is 0 Å². The number of ether oxygens (including phenoxy) is 1. The van der Waals surface area contributed by atoms with E-state index in [4.69, 9.17) is 4.74 Å². The third-order valence-corrected chi connectivity index (χ3v) is 9.17. The highest BCUT2D eigenvalue weighted by Gasteiger charge is 2.30. The SMILES string of the molecule is CN1CCN(c2ccc(S(=O)(=O)N3CCCCC3)cc2NC(=O)C2COc3ccccc3C2)CC1. The number of hydrogen-bond acceptors (Lipinski definition) is 6. The molecule has 2 fully saturated rings. The maximum atomic E-state index is 13.4. The van der Waals surface area contributed by atoms with Crippen LogP contribution in [0.3, 0.4) is 0 Å². The molecule has 3 heterocycles. The first-order valence-corrected chi connectivity index (χ1v) is 13.9. The summed E-state index contributed by atoms with van der Waals surface area (Å²) in [7, 11) is -1.52. The van der Waals surface area contributed by atoms with Crippen LogP contribution >= 0.6 is 0 Å². The maximum absolute atomic E-state index is 13.4. The van der Waals surface area contributed by atoms with Crippen LogP contribution in [0.1, 0.15) is 24.8 Å². The fraction of sp³-hybridized carbons (Fsp3) is 0.500. The summed E-state index contributed by atoms with van der Waals surface area (Å²) in [5.74, 6) is 0.333. The lowest BCUT2D eigenvalue weighted by Gasteiger charge is -2.35. The Labute approximate surface area is 207 Å². The van der Waals surface area contributed by atoms with Gasteiger partial charge in [-0.3, -0.25) is 4.79 Å². The van der Waals surface area contributed by atoms with Gasteiger partial charge >= 0.3 is 0 Å². The van der Waals surface area contributed by atoms with Crippen molar-refractivity contribution in [2.45, 2.75) is 30.6 Å². The minimum absolute atomic E-state index is 0.151. The molecule has 2 aromatic carbocycles. The molecule has 1 unspecified atom stereocenters. The van der Waals surface area contributed by atoms with Gasteiger partial charge in [0.15, 0.2) is 0 Å². The number of likely N-dealkylation sites (N-methyl/N-ethyl adjacent to an activating group) is 1. The number of rotatable bonds is 5. The van der Waals surface area contributed by atoms with E-state index in [1.807, 2.05) is 30.3 Å². The van der Waals surface area contributed by atoms with Crippen LogP contribution < -0.4 is 15.0 Å². The molecule has 3 aliphatic rings. The topological polar surface area (TPSA) is 82.2 Å². The van der Waals surface area contributed by atoms with Gasteiger partial charge in [0.1, 0.15) is 12.4 Å². The van der Waals surface area contributed by atoms with E-state index in [1.165, 1.54) is 0 Å². The summed E-state index contributed by atoms with van der Waals surface area (Å²) in [5, 5.41) is 3.08. The van der Waals surface area contributed by atoms with Crippen molar-refractivity contribution in [3.63, 3.8) is 0 Å². The maximum Gasteiger partial charge on any atom is 0.243 e. The lowest BCUT2D eigenvalue weighted by Crippen LogP contribution is -2.45. The first kappa shape index (κ1) is 24.1. The van der Waals surface area contributed by atoms with Crippen molar-refractivity contribution in [3.8, 4) is 5.75 Å². The van der Waals surface area contributed by atoms with E-state index in [9.17, 15) is 13.2 Å². The van der Waals surface area contributed by atoms with Crippen LogP contribution in [0, 0.1) is 5.92 Å². The monoisotopic (exact) mass is 498 g/mol. The summed E-state index contributed by atoms with van der Waals surface area (Å²) < 4.78 is 34.1. The van der Waals surface area contributed by atoms with Crippen LogP contribution in [0.4, 0.5) is 11.4 Å². The van der Waals surface area contributed by atoms with E-state index in [2.05, 4.69) is 22.2 Å². The molecule has 1 atom stereocenters. The van der Waals surface area contributed by atoms with Gasteiger partial charge < -0.3 is 19.9 Å². The van der Waals surface area contributed by atoms with Crippen LogP contribution in [-0.4, -0.2) is 76.5 Å². The van der Waals surface area contributed by atoms with E-state index >= 15 is 0 Å². The molecule has 2 saturated heterocycles. The molecule has 9 heteroatoms. The summed E-state index contributed by atoms with van der Waals surface area (Å²) in [6.07, 6.45) is 3.41. The third-order valence-electron chi connectivity index (χ3n) is 7.27. The Morgan fingerprint density at radius 3 is 2.49 bits per heavy atom. The predicted molar refractivity (Wildman–Crippen MR) is 137 cm³/mol. The van der Waals surface area contributed by atoms with Gasteiger partial charge in [0.05, 0.1) is 22.2 Å². The normalized spacial score (nSPS) is 21.7. The molecule has 0 spiro atoms. The molecule has 0 saturated carbocycles. The number of anilines is 2. The summed E-state index contributed by atoms with van der Waals surface area (Å²) in [6, 6.07) is 13.0. The first-order valence-electron chi connectivity index (χ1n) is 12.5. The molecule has 8 nitrogen and oxygen atoms in total. The van der Waals surface area contributed by atoms with Crippen LogP contribution in [0.5, 0.6) is 5.75 Å². The summed E-state index contributed by atoms with van der Waals surface area (Å²) in [4.78, 5) is 18.1. The number of hydrogen-bond donors (Lipinski definition) is 1. The second-order valence-corrected chi connectivity index (χ2v) is 11.7. The van der Waals surface area contributed by atoms with Gasteiger partial charge in [0.2, 0.25) is 15.9 Å². The van der Waals surface area contributed by atoms with Crippen molar-refractivity contribution in [1.29, 1.82) is 0 Å². The molecule has 0 aromatic heterocycles. The van der Waals surface area contributed by atoms with E-state index in [-0.39, 0.29) is 16.7 Å². The quantitative estimate of drug-likeness (QED) is 0.683. The van der Waals surface area contributed by atoms with E-state index < -0.39 is 10.0 Å². The summed E-state index contributed by atoms with van der Waals surface area (Å²) in [6.45, 7) is 4.85. The number of nitrogens with one attached hydrogen (secondary N) is 1. The molecule has 2 aromatic rings. The number of carbonyl (C=O) groups excluding carboxylic acids is 1. The lowest BCUT2D eigenvalue weighted by atomic mass is 9.96. The van der Waals surface area contributed by atoms with Crippen molar-refractivity contribution in [3.05, 3.63) is 48.0 Å². The number of sulfonamides is 1. The van der Waals surface area contributed by atoms with E-state index in [0.717, 1.165) is 62.4 Å². The largest absolute Gasteiger partial charge is 0.492 e. The van der Waals surface area contributed by atoms with Gasteiger partial charge in [-0.25, -0.2) is 8.42 Å². The van der Waals surface area contributed by atoms with Gasteiger partial charge in [-0.1, -0.05) is 24.6 Å². The van der Waals surface area contributed by atoms with Gasteiger partial charge in [-0.15, -0.1) is 0 Å². The minimum atomic E-state index is -3.61. The Morgan fingerprint density at radius 1 is 0.971 bits per heavy atom. The number of carbonyl (C=O) groups is 1. The highest BCUT2D eigenvalue weighted by atomic mass is 32.2. The van der Waals surface area contributed by atoms with Gasteiger partial charge in [0, 0.05) is 39.3 Å². The van der Waals surface area contributed by atoms with Crippen molar-refractivity contribution in [2.75, 3.05) is 63.1 Å². The summed E-state index contributed by atoms with van der Waals surface area (Å²) >= 11 is 0. The van der Waals surface area contributed by atoms with E-state index in [0.29, 0.717) is 31.8 Å². The molecule has 188 valence electrons. The fourth-order valence-corrected chi connectivity index (χ4v) is 6.63. The Bertz CT molecular complexity index is 1170. The zero-order chi connectivity index (χ0) is 24.4. The highest BCUT2D eigenvalue weighted by molar-refractivity contribution is 7.89. The molecule has 5 rings (SSSR count). The molecule has 0 aliphatic carbocycles. The molecule has 0 bridgehead atoms. The lowest BCUT2D eigenvalue weighted by molar-refractivity contribution is -0.121. The Hall–Kier alpha value is -2.62. The van der Waals surface area contributed by atoms with Crippen molar-refractivity contribution in [2.24, 2.45) is 5.92 Å². The molecule has 1 N–H and O–H groups in total. The summed E-state index contributed by atoms with van der Waals surface area (Å²) in [5.41, 5.74) is 2.43. The zero-order valence-electron chi connectivity index (χ0n) is 20.3. The Kier molecular flexibility index (Phi) is 7.00. The van der Waals surface area contributed by atoms with Gasteiger partial charge in [0.25, 0.3) is 0 Å². The molecule has 0 radical (unpaired) electrons. The van der Waals surface area contributed by atoms with E-state index in [1.54, 1.807) is 16.4 Å². The number of nitrogens with zero attached hydrogens (tertiary/aromatic N) is 3. The highest BCUT2D eigenvalue weighted by Crippen LogP contribution is 2.33. The minimum Gasteiger partial charge on any atom is -0.492 e. The average molecular weight is 499 g/mol. The fourth-order valence-electron chi connectivity index (χ4n) is 5.08. The smallest absolute Gasteiger partial charge is 0.243 e. The van der Waals surface area contributed by atoms with Gasteiger partial charge in [-0.2, -0.15) is 4.31 Å². The molecule has 35 heavy (non-hydrogen) atoms. The molecular weight excluding hydrogens is 464 g/mol. The van der Waals surface area contributed by atoms with Crippen LogP contribution in [-0.2, 0) is 21.2 Å². The van der Waals surface area contributed by atoms with Crippen LogP contribution in [0.15, 0.2) is 47.4 Å². The zero-order valence-corrected chi connectivity index (χ0v) is 21.1. The number of para-hydroxylation sites is 1.